The molecule has 2 aliphatic rings. The van der Waals surface area contributed by atoms with Crippen LogP contribution in [0.4, 0.5) is 0 Å². The molecule has 0 spiro atoms. The van der Waals surface area contributed by atoms with Gasteiger partial charge in [0.25, 0.3) is 0 Å². The Labute approximate surface area is 126 Å². The Bertz CT molecular complexity index is 457. The molecule has 2 saturated heterocycles. The molecule has 0 saturated carbocycles. The van der Waals surface area contributed by atoms with E-state index >= 15 is 0 Å². The van der Waals surface area contributed by atoms with Crippen molar-refractivity contribution in [2.45, 2.75) is 12.1 Å². The number of nitrogens with zero attached hydrogens (tertiary/aromatic N) is 2. The lowest BCUT2D eigenvalue weighted by atomic mass is 10.1. The van der Waals surface area contributed by atoms with Gasteiger partial charge < -0.3 is 9.84 Å². The number of aliphatic hydroxyl groups excluding tert-OH is 1. The van der Waals surface area contributed by atoms with E-state index in [1.165, 1.54) is 5.56 Å². The van der Waals surface area contributed by atoms with Crippen LogP contribution in [0.1, 0.15) is 5.56 Å². The van der Waals surface area contributed by atoms with Gasteiger partial charge in [-0.1, -0.05) is 42.5 Å². The molecule has 2 atom stereocenters. The highest BCUT2D eigenvalue weighted by Gasteiger charge is 2.35. The average Bonchev–Trinajstić information content (AvgIpc) is 2.90. The van der Waals surface area contributed by atoms with Crippen LogP contribution < -0.4 is 0 Å². The van der Waals surface area contributed by atoms with Crippen LogP contribution in [-0.2, 0) is 4.74 Å². The maximum Gasteiger partial charge on any atom is 0.0834 e. The van der Waals surface area contributed by atoms with E-state index in [1.54, 1.807) is 0 Å². The summed E-state index contributed by atoms with van der Waals surface area (Å²) >= 11 is 0. The molecule has 0 unspecified atom stereocenters. The summed E-state index contributed by atoms with van der Waals surface area (Å²) in [6, 6.07) is 10.6. The van der Waals surface area contributed by atoms with Gasteiger partial charge in [0.15, 0.2) is 0 Å². The van der Waals surface area contributed by atoms with E-state index in [0.717, 1.165) is 45.9 Å². The number of ether oxygens (including phenoxy) is 1. The monoisotopic (exact) mass is 288 g/mol. The average molecular weight is 288 g/mol. The molecule has 0 aliphatic carbocycles. The number of morpholine rings is 1. The van der Waals surface area contributed by atoms with Gasteiger partial charge in [-0.05, 0) is 5.56 Å². The van der Waals surface area contributed by atoms with E-state index in [0.29, 0.717) is 0 Å². The maximum atomic E-state index is 10.3. The second kappa shape index (κ2) is 7.18. The largest absolute Gasteiger partial charge is 0.390 e. The molecule has 2 heterocycles. The predicted octanol–water partition coefficient (Wildman–Crippen LogP) is 1.08. The number of benzene rings is 1. The van der Waals surface area contributed by atoms with Crippen molar-refractivity contribution in [3.05, 3.63) is 42.0 Å². The van der Waals surface area contributed by atoms with E-state index in [4.69, 9.17) is 4.74 Å². The summed E-state index contributed by atoms with van der Waals surface area (Å²) in [6.07, 6.45) is 4.09. The summed E-state index contributed by atoms with van der Waals surface area (Å²) in [5.41, 5.74) is 1.22. The van der Waals surface area contributed by atoms with Crippen LogP contribution in [0.3, 0.4) is 0 Å². The Morgan fingerprint density at radius 3 is 2.67 bits per heavy atom. The van der Waals surface area contributed by atoms with E-state index in [-0.39, 0.29) is 12.1 Å². The highest BCUT2D eigenvalue weighted by molar-refractivity contribution is 5.48. The second-order valence-corrected chi connectivity index (χ2v) is 5.81. The van der Waals surface area contributed by atoms with Crippen LogP contribution in [0.25, 0.3) is 6.08 Å². The molecule has 4 nitrogen and oxygen atoms in total. The number of hydrogen-bond donors (Lipinski definition) is 1. The predicted molar refractivity (Wildman–Crippen MR) is 84.1 cm³/mol. The first kappa shape index (κ1) is 14.7. The van der Waals surface area contributed by atoms with Gasteiger partial charge in [0.1, 0.15) is 0 Å². The van der Waals surface area contributed by atoms with Gasteiger partial charge in [-0.25, -0.2) is 0 Å². The fraction of sp³-hybridized carbons (Fsp3) is 0.529. The summed E-state index contributed by atoms with van der Waals surface area (Å²) < 4.78 is 5.39. The van der Waals surface area contributed by atoms with Crippen molar-refractivity contribution in [3.63, 3.8) is 0 Å². The molecule has 2 fully saturated rings. The van der Waals surface area contributed by atoms with Crippen molar-refractivity contribution in [1.29, 1.82) is 0 Å². The van der Waals surface area contributed by atoms with Crippen molar-refractivity contribution in [2.75, 3.05) is 45.9 Å². The Hall–Kier alpha value is -1.20. The van der Waals surface area contributed by atoms with Crippen LogP contribution >= 0.6 is 0 Å². The third kappa shape index (κ3) is 3.92. The minimum absolute atomic E-state index is 0.242. The fourth-order valence-electron chi connectivity index (χ4n) is 3.17. The molecule has 0 amide bonds. The summed E-state index contributed by atoms with van der Waals surface area (Å²) in [4.78, 5) is 4.69. The first-order chi connectivity index (χ1) is 10.3. The van der Waals surface area contributed by atoms with Gasteiger partial charge >= 0.3 is 0 Å². The van der Waals surface area contributed by atoms with E-state index < -0.39 is 0 Å². The molecule has 4 heteroatoms. The van der Waals surface area contributed by atoms with Crippen LogP contribution in [0, 0.1) is 0 Å². The van der Waals surface area contributed by atoms with Crippen molar-refractivity contribution >= 4 is 6.08 Å². The van der Waals surface area contributed by atoms with E-state index in [1.807, 2.05) is 18.2 Å². The zero-order valence-corrected chi connectivity index (χ0v) is 12.4. The molecule has 3 rings (SSSR count). The van der Waals surface area contributed by atoms with Crippen LogP contribution in [-0.4, -0.2) is 73.0 Å². The highest BCUT2D eigenvalue weighted by Crippen LogP contribution is 2.17. The maximum absolute atomic E-state index is 10.3. The summed E-state index contributed by atoms with van der Waals surface area (Å²) in [7, 11) is 0. The lowest BCUT2D eigenvalue weighted by Crippen LogP contribution is -2.48. The van der Waals surface area contributed by atoms with E-state index in [2.05, 4.69) is 34.1 Å². The van der Waals surface area contributed by atoms with Gasteiger partial charge in [-0.2, -0.15) is 0 Å². The Morgan fingerprint density at radius 2 is 1.90 bits per heavy atom. The zero-order valence-electron chi connectivity index (χ0n) is 12.4. The summed E-state index contributed by atoms with van der Waals surface area (Å²) in [6.45, 7) is 6.06. The molecule has 0 aromatic heterocycles. The molecule has 21 heavy (non-hydrogen) atoms. The first-order valence-corrected chi connectivity index (χ1v) is 7.77. The first-order valence-electron chi connectivity index (χ1n) is 7.77. The second-order valence-electron chi connectivity index (χ2n) is 5.81. The Balaban J connectivity index is 1.50. The third-order valence-electron chi connectivity index (χ3n) is 4.32. The molecule has 1 aromatic carbocycles. The molecular formula is C17H24N2O2. The number of hydrogen-bond acceptors (Lipinski definition) is 4. The Morgan fingerprint density at radius 1 is 1.14 bits per heavy atom. The highest BCUT2D eigenvalue weighted by atomic mass is 16.5. The minimum Gasteiger partial charge on any atom is -0.390 e. The molecule has 2 aliphatic heterocycles. The molecule has 0 bridgehead atoms. The lowest BCUT2D eigenvalue weighted by molar-refractivity contribution is -0.00614. The van der Waals surface area contributed by atoms with Gasteiger partial charge in [0.2, 0.25) is 0 Å². The number of aliphatic hydroxyl groups is 1. The molecule has 0 radical (unpaired) electrons. The number of rotatable bonds is 4. The standard InChI is InChI=1S/C17H24N2O2/c20-17-14-18(8-4-7-15-5-2-1-3-6-15)13-16(17)19-9-11-21-12-10-19/h1-7,16-17,20H,8-14H2/b7-4+/t16-,17-/m0/s1. The van der Waals surface area contributed by atoms with Gasteiger partial charge in [-0.15, -0.1) is 0 Å². The normalized spacial score (nSPS) is 28.4. The van der Waals surface area contributed by atoms with E-state index in [9.17, 15) is 5.11 Å². The van der Waals surface area contributed by atoms with Crippen molar-refractivity contribution in [1.82, 2.24) is 9.80 Å². The van der Waals surface area contributed by atoms with Gasteiger partial charge in [-0.3, -0.25) is 9.80 Å². The van der Waals surface area contributed by atoms with Gasteiger partial charge in [0.05, 0.1) is 19.3 Å². The lowest BCUT2D eigenvalue weighted by Gasteiger charge is -2.33. The minimum atomic E-state index is -0.242. The molecule has 1 aromatic rings. The Kier molecular flexibility index (Phi) is 5.04. The molecule has 114 valence electrons. The third-order valence-corrected chi connectivity index (χ3v) is 4.32. The molecule has 1 N–H and O–H groups in total. The van der Waals surface area contributed by atoms with Crippen LogP contribution in [0.5, 0.6) is 0 Å². The van der Waals surface area contributed by atoms with Crippen LogP contribution in [0.15, 0.2) is 36.4 Å². The van der Waals surface area contributed by atoms with Crippen molar-refractivity contribution in [2.24, 2.45) is 0 Å². The summed E-state index contributed by atoms with van der Waals surface area (Å²) in [5.74, 6) is 0. The number of likely N-dealkylation sites (tertiary alicyclic amines) is 1. The van der Waals surface area contributed by atoms with Crippen LogP contribution in [0.2, 0.25) is 0 Å². The summed E-state index contributed by atoms with van der Waals surface area (Å²) in [5, 5.41) is 10.3. The SMILES string of the molecule is O[C@H]1CN(C/C=C/c2ccccc2)C[C@@H]1N1CCOCC1. The van der Waals surface area contributed by atoms with Gasteiger partial charge in [0, 0.05) is 38.8 Å². The smallest absolute Gasteiger partial charge is 0.0834 e. The van der Waals surface area contributed by atoms with Crippen molar-refractivity contribution < 1.29 is 9.84 Å². The topological polar surface area (TPSA) is 35.9 Å². The number of β-amino-alcohol motifs (C(OH)–C–C–N with tert-alkyl or cyclic N) is 1. The van der Waals surface area contributed by atoms with Crippen molar-refractivity contribution in [3.8, 4) is 0 Å². The zero-order chi connectivity index (χ0) is 14.5. The quantitative estimate of drug-likeness (QED) is 0.899. The fourth-order valence-corrected chi connectivity index (χ4v) is 3.17. The molecular weight excluding hydrogens is 264 g/mol.